The summed E-state index contributed by atoms with van der Waals surface area (Å²) in [6.45, 7) is 4.33. The van der Waals surface area contributed by atoms with Crippen LogP contribution < -0.4 is 11.3 Å². The Bertz CT molecular complexity index is 646. The van der Waals surface area contributed by atoms with E-state index in [1.54, 1.807) is 0 Å². The zero-order valence-electron chi connectivity index (χ0n) is 12.9. The zero-order chi connectivity index (χ0) is 14.8. The van der Waals surface area contributed by atoms with Crippen LogP contribution in [0.1, 0.15) is 45.8 Å². The van der Waals surface area contributed by atoms with Gasteiger partial charge in [0.15, 0.2) is 0 Å². The van der Waals surface area contributed by atoms with E-state index in [-0.39, 0.29) is 6.04 Å². The van der Waals surface area contributed by atoms with Crippen molar-refractivity contribution in [1.82, 2.24) is 5.43 Å². The smallest absolute Gasteiger partial charge is 0.0503 e. The average Bonchev–Trinajstić information content (AvgIpc) is 2.95. The lowest BCUT2D eigenvalue weighted by Gasteiger charge is -2.20. The summed E-state index contributed by atoms with van der Waals surface area (Å²) in [6, 6.07) is 13.6. The molecular formula is C19H24N2. The van der Waals surface area contributed by atoms with Gasteiger partial charge in [0.25, 0.3) is 0 Å². The molecule has 0 aromatic heterocycles. The molecule has 0 radical (unpaired) electrons. The van der Waals surface area contributed by atoms with E-state index in [1.165, 1.54) is 52.6 Å². The van der Waals surface area contributed by atoms with Gasteiger partial charge in [0.2, 0.25) is 0 Å². The number of fused-ring (bicyclic) bond motifs is 1. The highest BCUT2D eigenvalue weighted by Gasteiger charge is 2.16. The number of hydrogen-bond acceptors (Lipinski definition) is 2. The fourth-order valence-electron chi connectivity index (χ4n) is 3.40. The Morgan fingerprint density at radius 1 is 1.10 bits per heavy atom. The third-order valence-electron chi connectivity index (χ3n) is 4.83. The van der Waals surface area contributed by atoms with Gasteiger partial charge in [-0.15, -0.1) is 0 Å². The number of aryl methyl sites for hydroxylation is 3. The fraction of sp³-hybridized carbons (Fsp3) is 0.368. The second-order valence-electron chi connectivity index (χ2n) is 6.17. The van der Waals surface area contributed by atoms with Crippen molar-refractivity contribution in [3.8, 4) is 0 Å². The van der Waals surface area contributed by atoms with Crippen molar-refractivity contribution >= 4 is 0 Å². The molecule has 2 aromatic rings. The molecule has 1 unspecified atom stereocenters. The SMILES string of the molecule is Cc1cccc(C(Cc2ccc3c(c2)CCC3)NN)c1C. The molecule has 0 amide bonds. The number of benzene rings is 2. The first-order chi connectivity index (χ1) is 10.2. The summed E-state index contributed by atoms with van der Waals surface area (Å²) in [4.78, 5) is 0. The Balaban J connectivity index is 1.86. The van der Waals surface area contributed by atoms with Crippen LogP contribution in [0.25, 0.3) is 0 Å². The molecule has 1 aliphatic carbocycles. The quantitative estimate of drug-likeness (QED) is 0.664. The van der Waals surface area contributed by atoms with Gasteiger partial charge in [-0.3, -0.25) is 11.3 Å². The third kappa shape index (κ3) is 2.87. The van der Waals surface area contributed by atoms with Gasteiger partial charge < -0.3 is 0 Å². The van der Waals surface area contributed by atoms with Crippen LogP contribution in [0, 0.1) is 13.8 Å². The number of hydrazine groups is 1. The zero-order valence-corrected chi connectivity index (χ0v) is 12.9. The van der Waals surface area contributed by atoms with Gasteiger partial charge in [-0.05, 0) is 72.9 Å². The molecule has 110 valence electrons. The number of rotatable bonds is 4. The Hall–Kier alpha value is -1.64. The largest absolute Gasteiger partial charge is 0.271 e. The Labute approximate surface area is 127 Å². The van der Waals surface area contributed by atoms with Crippen molar-refractivity contribution in [2.24, 2.45) is 5.84 Å². The molecule has 0 aliphatic heterocycles. The van der Waals surface area contributed by atoms with Crippen molar-refractivity contribution in [2.75, 3.05) is 0 Å². The van der Waals surface area contributed by atoms with Crippen molar-refractivity contribution < 1.29 is 0 Å². The molecule has 0 bridgehead atoms. The highest BCUT2D eigenvalue weighted by atomic mass is 15.2. The average molecular weight is 280 g/mol. The van der Waals surface area contributed by atoms with E-state index in [4.69, 9.17) is 5.84 Å². The lowest BCUT2D eigenvalue weighted by atomic mass is 9.92. The number of nitrogens with two attached hydrogens (primary N) is 1. The van der Waals surface area contributed by atoms with E-state index in [1.807, 2.05) is 0 Å². The van der Waals surface area contributed by atoms with Gasteiger partial charge in [-0.25, -0.2) is 0 Å². The molecule has 1 aliphatic rings. The summed E-state index contributed by atoms with van der Waals surface area (Å²) in [5.41, 5.74) is 11.4. The molecule has 2 heteroatoms. The number of nitrogens with one attached hydrogen (secondary N) is 1. The van der Waals surface area contributed by atoms with Gasteiger partial charge in [0.1, 0.15) is 0 Å². The van der Waals surface area contributed by atoms with E-state index >= 15 is 0 Å². The van der Waals surface area contributed by atoms with Crippen LogP contribution in [0.3, 0.4) is 0 Å². The van der Waals surface area contributed by atoms with Crippen LogP contribution in [-0.2, 0) is 19.3 Å². The minimum Gasteiger partial charge on any atom is -0.271 e. The Kier molecular flexibility index (Phi) is 4.09. The molecule has 1 atom stereocenters. The van der Waals surface area contributed by atoms with Gasteiger partial charge in [0, 0.05) is 0 Å². The second kappa shape index (κ2) is 6.00. The van der Waals surface area contributed by atoms with Gasteiger partial charge >= 0.3 is 0 Å². The first kappa shape index (κ1) is 14.3. The lowest BCUT2D eigenvalue weighted by molar-refractivity contribution is 0.549. The summed E-state index contributed by atoms with van der Waals surface area (Å²) >= 11 is 0. The fourth-order valence-corrected chi connectivity index (χ4v) is 3.40. The molecule has 3 rings (SSSR count). The number of hydrogen-bond donors (Lipinski definition) is 2. The summed E-state index contributed by atoms with van der Waals surface area (Å²) in [5.74, 6) is 5.83. The molecule has 0 saturated carbocycles. The highest BCUT2D eigenvalue weighted by molar-refractivity contribution is 5.39. The molecular weight excluding hydrogens is 256 g/mol. The molecule has 0 heterocycles. The van der Waals surface area contributed by atoms with Crippen molar-refractivity contribution in [2.45, 2.75) is 45.6 Å². The second-order valence-corrected chi connectivity index (χ2v) is 6.17. The molecule has 0 spiro atoms. The van der Waals surface area contributed by atoms with Crippen molar-refractivity contribution in [1.29, 1.82) is 0 Å². The van der Waals surface area contributed by atoms with Gasteiger partial charge in [0.05, 0.1) is 6.04 Å². The van der Waals surface area contributed by atoms with Crippen LogP contribution in [-0.4, -0.2) is 0 Å². The Morgan fingerprint density at radius 3 is 2.71 bits per heavy atom. The van der Waals surface area contributed by atoms with Crippen LogP contribution in [0.5, 0.6) is 0 Å². The first-order valence-corrected chi connectivity index (χ1v) is 7.82. The molecule has 3 N–H and O–H groups in total. The Morgan fingerprint density at radius 2 is 1.90 bits per heavy atom. The van der Waals surface area contributed by atoms with Crippen LogP contribution in [0.4, 0.5) is 0 Å². The van der Waals surface area contributed by atoms with Gasteiger partial charge in [-0.1, -0.05) is 36.4 Å². The van der Waals surface area contributed by atoms with Gasteiger partial charge in [-0.2, -0.15) is 0 Å². The summed E-state index contributed by atoms with van der Waals surface area (Å²) in [5, 5.41) is 0. The summed E-state index contributed by atoms with van der Waals surface area (Å²) in [7, 11) is 0. The first-order valence-electron chi connectivity index (χ1n) is 7.82. The van der Waals surface area contributed by atoms with Crippen molar-refractivity contribution in [3.63, 3.8) is 0 Å². The predicted molar refractivity (Wildman–Crippen MR) is 88.2 cm³/mol. The van der Waals surface area contributed by atoms with E-state index in [2.05, 4.69) is 55.7 Å². The third-order valence-corrected chi connectivity index (χ3v) is 4.83. The highest BCUT2D eigenvalue weighted by Crippen LogP contribution is 2.27. The molecule has 2 nitrogen and oxygen atoms in total. The van der Waals surface area contributed by atoms with E-state index in [0.29, 0.717) is 0 Å². The standard InChI is InChI=1S/C19H24N2/c1-13-5-3-8-18(14(13)2)19(21-20)12-15-9-10-16-6-4-7-17(16)11-15/h3,5,8-11,19,21H,4,6-7,12,20H2,1-2H3. The maximum Gasteiger partial charge on any atom is 0.0503 e. The maximum absolute atomic E-state index is 5.83. The summed E-state index contributed by atoms with van der Waals surface area (Å²) < 4.78 is 0. The minimum absolute atomic E-state index is 0.171. The van der Waals surface area contributed by atoms with E-state index < -0.39 is 0 Å². The normalized spacial score (nSPS) is 15.0. The lowest BCUT2D eigenvalue weighted by Crippen LogP contribution is -2.30. The summed E-state index contributed by atoms with van der Waals surface area (Å²) in [6.07, 6.45) is 4.71. The monoisotopic (exact) mass is 280 g/mol. The molecule has 2 aromatic carbocycles. The molecule has 0 saturated heterocycles. The van der Waals surface area contributed by atoms with E-state index in [9.17, 15) is 0 Å². The van der Waals surface area contributed by atoms with Crippen molar-refractivity contribution in [3.05, 3.63) is 69.8 Å². The minimum atomic E-state index is 0.171. The van der Waals surface area contributed by atoms with Crippen LogP contribution in [0.15, 0.2) is 36.4 Å². The molecule has 21 heavy (non-hydrogen) atoms. The van der Waals surface area contributed by atoms with Crippen LogP contribution >= 0.6 is 0 Å². The topological polar surface area (TPSA) is 38.0 Å². The molecule has 0 fully saturated rings. The van der Waals surface area contributed by atoms with Crippen LogP contribution in [0.2, 0.25) is 0 Å². The van der Waals surface area contributed by atoms with E-state index in [0.717, 1.165) is 6.42 Å². The predicted octanol–water partition coefficient (Wildman–Crippen LogP) is 3.54. The maximum atomic E-state index is 5.83.